The Morgan fingerprint density at radius 1 is 1.42 bits per heavy atom. The number of benzene rings is 1. The van der Waals surface area contributed by atoms with Crippen molar-refractivity contribution in [2.24, 2.45) is 0 Å². The van der Waals surface area contributed by atoms with Crippen LogP contribution < -0.4 is 0 Å². The summed E-state index contributed by atoms with van der Waals surface area (Å²) in [5, 5.41) is 4.20. The zero-order valence-electron chi connectivity index (χ0n) is 13.6. The lowest BCUT2D eigenvalue weighted by Gasteiger charge is -2.31. The van der Waals surface area contributed by atoms with Gasteiger partial charge in [-0.05, 0) is 37.6 Å². The minimum Gasteiger partial charge on any atom is -0.371 e. The van der Waals surface area contributed by atoms with Crippen molar-refractivity contribution in [1.29, 1.82) is 0 Å². The average molecular weight is 353 g/mol. The van der Waals surface area contributed by atoms with Crippen LogP contribution in [0.4, 0.5) is 4.39 Å². The van der Waals surface area contributed by atoms with Gasteiger partial charge in [0.25, 0.3) is 0 Å². The molecule has 1 saturated heterocycles. The number of morpholine rings is 1. The van der Waals surface area contributed by atoms with E-state index in [9.17, 15) is 12.8 Å². The average Bonchev–Trinajstić information content (AvgIpc) is 3.06. The molecule has 1 aliphatic heterocycles. The minimum atomic E-state index is -3.68. The van der Waals surface area contributed by atoms with E-state index in [1.165, 1.54) is 22.5 Å². The zero-order chi connectivity index (χ0) is 17.3. The highest BCUT2D eigenvalue weighted by atomic mass is 32.2. The van der Waals surface area contributed by atoms with Crippen molar-refractivity contribution in [3.8, 4) is 0 Å². The monoisotopic (exact) mass is 353 g/mol. The maximum atomic E-state index is 13.4. The van der Waals surface area contributed by atoms with Crippen molar-refractivity contribution in [2.75, 3.05) is 19.7 Å². The Hall–Kier alpha value is -1.77. The summed E-state index contributed by atoms with van der Waals surface area (Å²) in [5.41, 5.74) is 1.16. The summed E-state index contributed by atoms with van der Waals surface area (Å²) in [6.45, 7) is 5.07. The summed E-state index contributed by atoms with van der Waals surface area (Å²) in [6, 6.07) is 3.85. The molecule has 2 heterocycles. The predicted molar refractivity (Wildman–Crippen MR) is 86.5 cm³/mol. The van der Waals surface area contributed by atoms with E-state index >= 15 is 0 Å². The number of hydrogen-bond donors (Lipinski definition) is 0. The molecule has 8 heteroatoms. The minimum absolute atomic E-state index is 0.103. The van der Waals surface area contributed by atoms with Gasteiger partial charge in [-0.25, -0.2) is 12.8 Å². The van der Waals surface area contributed by atoms with Crippen LogP contribution in [0.2, 0.25) is 0 Å². The lowest BCUT2D eigenvalue weighted by atomic mass is 10.2. The van der Waals surface area contributed by atoms with Crippen LogP contribution in [0.1, 0.15) is 24.2 Å². The summed E-state index contributed by atoms with van der Waals surface area (Å²) >= 11 is 0. The van der Waals surface area contributed by atoms with Crippen LogP contribution in [-0.2, 0) is 21.3 Å². The lowest BCUT2D eigenvalue weighted by molar-refractivity contribution is -0.00260. The van der Waals surface area contributed by atoms with E-state index in [0.717, 1.165) is 12.1 Å². The smallest absolute Gasteiger partial charge is 0.243 e. The highest BCUT2D eigenvalue weighted by Crippen LogP contribution is 2.27. The van der Waals surface area contributed by atoms with E-state index in [2.05, 4.69) is 5.10 Å². The van der Waals surface area contributed by atoms with Crippen molar-refractivity contribution in [3.05, 3.63) is 47.5 Å². The summed E-state index contributed by atoms with van der Waals surface area (Å²) in [6.07, 6.45) is 3.21. The molecule has 24 heavy (non-hydrogen) atoms. The standard InChI is InChI=1S/C16H20FN3O3S/c1-3-19-10-13(9-18-19)16-11-20(6-7-23-16)24(21,22)14-4-5-15(17)12(2)8-14/h4-5,8-10,16H,3,6-7,11H2,1-2H3/t16-/m1/s1. The third-order valence-electron chi connectivity index (χ3n) is 4.15. The summed E-state index contributed by atoms with van der Waals surface area (Å²) in [7, 11) is -3.68. The van der Waals surface area contributed by atoms with Gasteiger partial charge in [-0.15, -0.1) is 0 Å². The van der Waals surface area contributed by atoms with Gasteiger partial charge in [-0.1, -0.05) is 0 Å². The van der Waals surface area contributed by atoms with Crippen molar-refractivity contribution in [1.82, 2.24) is 14.1 Å². The van der Waals surface area contributed by atoms with Crippen molar-refractivity contribution in [3.63, 3.8) is 0 Å². The fourth-order valence-corrected chi connectivity index (χ4v) is 4.20. The molecule has 2 aromatic rings. The first-order valence-electron chi connectivity index (χ1n) is 7.82. The Bertz CT molecular complexity index is 835. The number of halogens is 1. The van der Waals surface area contributed by atoms with Gasteiger partial charge >= 0.3 is 0 Å². The van der Waals surface area contributed by atoms with Crippen LogP contribution in [0.3, 0.4) is 0 Å². The van der Waals surface area contributed by atoms with Gasteiger partial charge in [0.05, 0.1) is 23.8 Å². The second-order valence-electron chi connectivity index (χ2n) is 5.76. The first kappa shape index (κ1) is 17.1. The van der Waals surface area contributed by atoms with E-state index in [1.807, 2.05) is 13.1 Å². The molecule has 0 radical (unpaired) electrons. The molecule has 0 amide bonds. The third-order valence-corrected chi connectivity index (χ3v) is 6.01. The quantitative estimate of drug-likeness (QED) is 0.844. The van der Waals surface area contributed by atoms with E-state index < -0.39 is 15.8 Å². The first-order valence-corrected chi connectivity index (χ1v) is 9.26. The molecule has 0 bridgehead atoms. The van der Waals surface area contributed by atoms with Crippen LogP contribution in [0, 0.1) is 12.7 Å². The van der Waals surface area contributed by atoms with Crippen molar-refractivity contribution >= 4 is 10.0 Å². The zero-order valence-corrected chi connectivity index (χ0v) is 14.5. The summed E-state index contributed by atoms with van der Waals surface area (Å²) in [5.74, 6) is -0.416. The summed E-state index contributed by atoms with van der Waals surface area (Å²) in [4.78, 5) is 0.103. The molecule has 1 aromatic heterocycles. The van der Waals surface area contributed by atoms with Gasteiger partial charge < -0.3 is 4.74 Å². The van der Waals surface area contributed by atoms with Gasteiger partial charge in [0.15, 0.2) is 0 Å². The molecule has 130 valence electrons. The number of sulfonamides is 1. The fourth-order valence-electron chi connectivity index (χ4n) is 2.69. The topological polar surface area (TPSA) is 64.4 Å². The number of ether oxygens (including phenoxy) is 1. The Balaban J connectivity index is 1.83. The first-order chi connectivity index (χ1) is 11.4. The van der Waals surface area contributed by atoms with E-state index in [4.69, 9.17) is 4.74 Å². The molecule has 0 N–H and O–H groups in total. The van der Waals surface area contributed by atoms with Crippen LogP contribution in [-0.4, -0.2) is 42.2 Å². The van der Waals surface area contributed by atoms with Gasteiger partial charge in [0.1, 0.15) is 5.82 Å². The number of nitrogens with zero attached hydrogens (tertiary/aromatic N) is 3. The Kier molecular flexibility index (Phi) is 4.71. The molecular weight excluding hydrogens is 333 g/mol. The van der Waals surface area contributed by atoms with Crippen LogP contribution >= 0.6 is 0 Å². The van der Waals surface area contributed by atoms with E-state index in [0.29, 0.717) is 12.2 Å². The lowest BCUT2D eigenvalue weighted by Crippen LogP contribution is -2.42. The molecule has 1 aromatic carbocycles. The van der Waals surface area contributed by atoms with Crippen LogP contribution in [0.15, 0.2) is 35.5 Å². The third kappa shape index (κ3) is 3.22. The summed E-state index contributed by atoms with van der Waals surface area (Å²) < 4.78 is 47.9. The molecule has 0 saturated carbocycles. The molecule has 6 nitrogen and oxygen atoms in total. The molecule has 1 atom stereocenters. The molecule has 1 aliphatic rings. The van der Waals surface area contributed by atoms with Crippen LogP contribution in [0.25, 0.3) is 0 Å². The second-order valence-corrected chi connectivity index (χ2v) is 7.70. The van der Waals surface area contributed by atoms with E-state index in [1.54, 1.807) is 17.8 Å². The van der Waals surface area contributed by atoms with E-state index in [-0.39, 0.29) is 24.1 Å². The molecule has 3 rings (SSSR count). The fraction of sp³-hybridized carbons (Fsp3) is 0.438. The Morgan fingerprint density at radius 3 is 2.88 bits per heavy atom. The largest absolute Gasteiger partial charge is 0.371 e. The van der Waals surface area contributed by atoms with Crippen molar-refractivity contribution in [2.45, 2.75) is 31.4 Å². The number of aryl methyl sites for hydroxylation is 2. The number of hydrogen-bond acceptors (Lipinski definition) is 4. The normalized spacial score (nSPS) is 19.5. The SMILES string of the molecule is CCn1cc([C@H]2CN(S(=O)(=O)c3ccc(F)c(C)c3)CCO2)cn1. The number of rotatable bonds is 4. The predicted octanol–water partition coefficient (Wildman–Crippen LogP) is 2.11. The van der Waals surface area contributed by atoms with Gasteiger partial charge in [0, 0.05) is 31.4 Å². The second kappa shape index (κ2) is 6.62. The number of aromatic nitrogens is 2. The highest BCUT2D eigenvalue weighted by Gasteiger charge is 2.32. The Labute approximate surface area is 140 Å². The molecular formula is C16H20FN3O3S. The van der Waals surface area contributed by atoms with Crippen molar-refractivity contribution < 1.29 is 17.5 Å². The molecule has 0 aliphatic carbocycles. The molecule has 0 spiro atoms. The molecule has 1 fully saturated rings. The van der Waals surface area contributed by atoms with Gasteiger partial charge in [-0.3, -0.25) is 4.68 Å². The highest BCUT2D eigenvalue weighted by molar-refractivity contribution is 7.89. The molecule has 0 unspecified atom stereocenters. The van der Waals surface area contributed by atoms with Gasteiger partial charge in [0.2, 0.25) is 10.0 Å². The Morgan fingerprint density at radius 2 is 2.21 bits per heavy atom. The maximum Gasteiger partial charge on any atom is 0.243 e. The van der Waals surface area contributed by atoms with Crippen LogP contribution in [0.5, 0.6) is 0 Å². The maximum absolute atomic E-state index is 13.4. The van der Waals surface area contributed by atoms with Gasteiger partial charge in [-0.2, -0.15) is 9.40 Å².